The summed E-state index contributed by atoms with van der Waals surface area (Å²) < 4.78 is 10.7. The normalized spacial score (nSPS) is 13.2. The Morgan fingerprint density at radius 1 is 0.733 bits per heavy atom. The molecular formula is C25H24O4S. The van der Waals surface area contributed by atoms with Crippen molar-refractivity contribution in [2.75, 3.05) is 0 Å². The summed E-state index contributed by atoms with van der Waals surface area (Å²) in [6.45, 7) is 5.28. The zero-order valence-electron chi connectivity index (χ0n) is 17.2. The van der Waals surface area contributed by atoms with E-state index < -0.39 is 23.0 Å². The lowest BCUT2D eigenvalue weighted by Gasteiger charge is -2.34. The van der Waals surface area contributed by atoms with Gasteiger partial charge in [0.25, 0.3) is 0 Å². The predicted octanol–water partition coefficient (Wildman–Crippen LogP) is 5.37. The van der Waals surface area contributed by atoms with Crippen LogP contribution in [0, 0.1) is 0 Å². The molecule has 3 rings (SSSR count). The summed E-state index contributed by atoms with van der Waals surface area (Å²) in [6, 6.07) is 25.6. The van der Waals surface area contributed by atoms with Crippen molar-refractivity contribution in [3.8, 4) is 11.1 Å². The van der Waals surface area contributed by atoms with E-state index >= 15 is 0 Å². The number of carbonyl (C=O) groups excluding carboxylic acids is 2. The summed E-state index contributed by atoms with van der Waals surface area (Å²) in [7, 11) is 0. The van der Waals surface area contributed by atoms with E-state index in [1.165, 1.54) is 0 Å². The topological polar surface area (TPSA) is 52.6 Å². The van der Waals surface area contributed by atoms with Crippen LogP contribution in [0.15, 0.2) is 84.9 Å². The molecule has 4 nitrogen and oxygen atoms in total. The minimum absolute atomic E-state index is 0.446. The van der Waals surface area contributed by atoms with Crippen molar-refractivity contribution in [2.45, 2.75) is 31.8 Å². The van der Waals surface area contributed by atoms with E-state index in [1.54, 1.807) is 57.2 Å². The molecule has 0 aliphatic rings. The largest absolute Gasteiger partial charge is 0.459 e. The summed E-state index contributed by atoms with van der Waals surface area (Å²) in [5.74, 6) is -1.54. The van der Waals surface area contributed by atoms with Gasteiger partial charge in [0, 0.05) is 12.9 Å². The molecule has 0 saturated carbocycles. The summed E-state index contributed by atoms with van der Waals surface area (Å²) >= 11 is 3.78. The zero-order valence-corrected chi connectivity index (χ0v) is 18.1. The van der Waals surface area contributed by atoms with Gasteiger partial charge in [0.05, 0.1) is 0 Å². The maximum Gasteiger partial charge on any atom is 0.344 e. The molecule has 0 radical (unpaired) electrons. The van der Waals surface area contributed by atoms with Gasteiger partial charge in [-0.2, -0.15) is 0 Å². The molecule has 1 atom stereocenters. The van der Waals surface area contributed by atoms with Gasteiger partial charge in [-0.25, -0.2) is 4.79 Å². The first-order valence-corrected chi connectivity index (χ1v) is 9.97. The number of thiol groups is 1. The summed E-state index contributed by atoms with van der Waals surface area (Å²) in [4.78, 5) is 27.1. The van der Waals surface area contributed by atoms with Gasteiger partial charge in [-0.1, -0.05) is 84.9 Å². The fraction of sp³-hybridized carbons (Fsp3) is 0.200. The van der Waals surface area contributed by atoms with E-state index in [2.05, 4.69) is 12.9 Å². The molecule has 0 fully saturated rings. The molecule has 0 saturated heterocycles. The Morgan fingerprint density at radius 2 is 1.27 bits per heavy atom. The van der Waals surface area contributed by atoms with Crippen molar-refractivity contribution < 1.29 is 18.5 Å². The molecule has 0 aliphatic heterocycles. The van der Waals surface area contributed by atoms with Crippen molar-refractivity contribution in [3.63, 3.8) is 0 Å². The van der Waals surface area contributed by atoms with Crippen LogP contribution >= 0.6 is 12.9 Å². The van der Waals surface area contributed by atoms with Crippen LogP contribution in [-0.4, -0.2) is 17.5 Å². The van der Waals surface area contributed by atoms with Crippen molar-refractivity contribution in [1.82, 2.24) is 0 Å². The zero-order chi connectivity index (χ0) is 21.8. The van der Waals surface area contributed by atoms with Gasteiger partial charge in [0.1, 0.15) is 5.60 Å². The van der Waals surface area contributed by atoms with Gasteiger partial charge in [-0.15, -0.1) is 0 Å². The van der Waals surface area contributed by atoms with Gasteiger partial charge in [-0.05, 0) is 43.0 Å². The minimum atomic E-state index is -1.84. The highest BCUT2D eigenvalue weighted by Gasteiger charge is 2.54. The maximum atomic E-state index is 13.7. The quantitative estimate of drug-likeness (QED) is 0.261. The van der Waals surface area contributed by atoms with Crippen LogP contribution < -0.4 is 0 Å². The van der Waals surface area contributed by atoms with Gasteiger partial charge in [0.2, 0.25) is 5.41 Å². The lowest BCUT2D eigenvalue weighted by molar-refractivity contribution is -0.166. The number of ether oxygens (including phenoxy) is 1. The van der Waals surface area contributed by atoms with Crippen molar-refractivity contribution in [2.24, 2.45) is 0 Å². The van der Waals surface area contributed by atoms with E-state index in [9.17, 15) is 9.59 Å². The fourth-order valence-corrected chi connectivity index (χ4v) is 3.62. The van der Waals surface area contributed by atoms with Crippen molar-refractivity contribution >= 4 is 24.8 Å². The number of esters is 1. The summed E-state index contributed by atoms with van der Waals surface area (Å²) in [6.07, 6.45) is 0. The Hall–Kier alpha value is -3.05. The van der Waals surface area contributed by atoms with Crippen LogP contribution in [-0.2, 0) is 23.9 Å². The smallest absolute Gasteiger partial charge is 0.344 e. The Morgan fingerprint density at radius 3 is 1.83 bits per heavy atom. The molecular weight excluding hydrogens is 396 g/mol. The van der Waals surface area contributed by atoms with Gasteiger partial charge < -0.3 is 8.92 Å². The number of hydrogen-bond acceptors (Lipinski definition) is 5. The minimum Gasteiger partial charge on any atom is -0.459 e. The molecule has 0 aliphatic carbocycles. The molecule has 0 N–H and O–H groups in total. The average Bonchev–Trinajstić information content (AvgIpc) is 2.74. The Balaban J connectivity index is 2.39. The fourth-order valence-electron chi connectivity index (χ4n) is 3.49. The second-order valence-electron chi connectivity index (χ2n) is 7.91. The van der Waals surface area contributed by atoms with Gasteiger partial charge in [-0.3, -0.25) is 4.79 Å². The molecule has 0 heterocycles. The van der Waals surface area contributed by atoms with Crippen LogP contribution in [0.3, 0.4) is 0 Å². The second kappa shape index (κ2) is 8.76. The SMILES string of the molecule is CC(C)(C)OC(=O)C(C(=O)OS)(c1ccccc1)c1ccccc1-c1ccccc1. The molecule has 0 amide bonds. The van der Waals surface area contributed by atoms with E-state index in [0.717, 1.165) is 11.1 Å². The van der Waals surface area contributed by atoms with Crippen molar-refractivity contribution in [3.05, 3.63) is 96.1 Å². The van der Waals surface area contributed by atoms with E-state index in [-0.39, 0.29) is 0 Å². The highest BCUT2D eigenvalue weighted by Crippen LogP contribution is 2.41. The third kappa shape index (κ3) is 4.12. The predicted molar refractivity (Wildman–Crippen MR) is 120 cm³/mol. The standard InChI is InChI=1S/C25H24O4S/c1-24(2,3)28-22(26)25(23(27)29-30,19-14-8-5-9-15-19)21-17-11-10-16-20(21)18-12-6-4-7-13-18/h4-17,30H,1-3H3. The lowest BCUT2D eigenvalue weighted by Crippen LogP contribution is -2.48. The van der Waals surface area contributed by atoms with E-state index in [4.69, 9.17) is 8.92 Å². The molecule has 3 aromatic rings. The number of rotatable bonds is 5. The van der Waals surface area contributed by atoms with Gasteiger partial charge in [0.15, 0.2) is 0 Å². The van der Waals surface area contributed by atoms with Crippen LogP contribution in [0.25, 0.3) is 11.1 Å². The molecule has 5 heteroatoms. The number of benzene rings is 3. The van der Waals surface area contributed by atoms with Crippen LogP contribution in [0.5, 0.6) is 0 Å². The molecule has 30 heavy (non-hydrogen) atoms. The number of hydrogen-bond donors (Lipinski definition) is 1. The lowest BCUT2D eigenvalue weighted by atomic mass is 9.71. The van der Waals surface area contributed by atoms with E-state index in [1.807, 2.05) is 48.5 Å². The average molecular weight is 421 g/mol. The second-order valence-corrected chi connectivity index (χ2v) is 8.09. The molecule has 0 aromatic heterocycles. The molecule has 3 aromatic carbocycles. The Labute approximate surface area is 182 Å². The van der Waals surface area contributed by atoms with Crippen LogP contribution in [0.4, 0.5) is 0 Å². The maximum absolute atomic E-state index is 13.7. The highest BCUT2D eigenvalue weighted by molar-refractivity contribution is 7.75. The van der Waals surface area contributed by atoms with E-state index in [0.29, 0.717) is 11.1 Å². The van der Waals surface area contributed by atoms with Crippen molar-refractivity contribution in [1.29, 1.82) is 0 Å². The molecule has 0 bridgehead atoms. The van der Waals surface area contributed by atoms with Crippen LogP contribution in [0.1, 0.15) is 31.9 Å². The first kappa shape index (κ1) is 21.7. The first-order valence-electron chi connectivity index (χ1n) is 9.60. The summed E-state index contributed by atoms with van der Waals surface area (Å²) in [5.41, 5.74) is -0.147. The van der Waals surface area contributed by atoms with Gasteiger partial charge >= 0.3 is 11.9 Å². The molecule has 0 spiro atoms. The number of carbonyl (C=O) groups is 2. The highest BCUT2D eigenvalue weighted by atomic mass is 32.1. The third-order valence-electron chi connectivity index (χ3n) is 4.72. The van der Waals surface area contributed by atoms with Crippen LogP contribution in [0.2, 0.25) is 0 Å². The summed E-state index contributed by atoms with van der Waals surface area (Å²) in [5, 5.41) is 0. The molecule has 154 valence electrons. The third-order valence-corrected chi connectivity index (χ3v) is 4.88. The first-order chi connectivity index (χ1) is 14.3. The molecule has 1 unspecified atom stereocenters. The Bertz CT molecular complexity index is 1030. The Kier molecular flexibility index (Phi) is 6.32. The monoisotopic (exact) mass is 420 g/mol.